The van der Waals surface area contributed by atoms with Crippen LogP contribution in [-0.4, -0.2) is 70.2 Å². The molecule has 40 heavy (non-hydrogen) atoms. The van der Waals surface area contributed by atoms with Crippen LogP contribution in [0, 0.1) is 0 Å². The molecule has 1 N–H and O–H groups in total. The summed E-state index contributed by atoms with van der Waals surface area (Å²) in [7, 11) is 1.09. The number of ether oxygens (including phenoxy) is 1. The summed E-state index contributed by atoms with van der Waals surface area (Å²) < 4.78 is 18.1. The summed E-state index contributed by atoms with van der Waals surface area (Å²) in [6, 6.07) is 7.31. The van der Waals surface area contributed by atoms with E-state index in [9.17, 15) is 14.4 Å². The average Bonchev–Trinajstić information content (AvgIpc) is 3.44. The molecule has 2 saturated heterocycles. The Morgan fingerprint density at radius 2 is 1.77 bits per heavy atom. The topological polar surface area (TPSA) is 110 Å². The molecule has 3 amide bonds. The lowest BCUT2D eigenvalue weighted by atomic mass is 9.74. The fourth-order valence-corrected chi connectivity index (χ4v) is 5.16. The maximum atomic E-state index is 13.7. The lowest BCUT2D eigenvalue weighted by Crippen LogP contribution is -2.41. The van der Waals surface area contributed by atoms with Crippen molar-refractivity contribution in [1.82, 2.24) is 14.8 Å². The maximum absolute atomic E-state index is 13.7. The zero-order chi connectivity index (χ0) is 29.2. The molecule has 5 rings (SSSR count). The maximum Gasteiger partial charge on any atom is 0.495 e. The number of hydrogen-bond acceptors (Lipinski definition) is 8. The summed E-state index contributed by atoms with van der Waals surface area (Å²) in [5.74, 6) is -0.0663. The third-order valence-corrected chi connectivity index (χ3v) is 8.12. The molecule has 1 unspecified atom stereocenters. The monoisotopic (exact) mass is 548 g/mol. The number of fused-ring (bicyclic) bond motifs is 1. The predicted molar refractivity (Wildman–Crippen MR) is 151 cm³/mol. The van der Waals surface area contributed by atoms with Gasteiger partial charge >= 0.3 is 13.2 Å². The second-order valence-electron chi connectivity index (χ2n) is 12.7. The Morgan fingerprint density at radius 1 is 1.10 bits per heavy atom. The van der Waals surface area contributed by atoms with Crippen LogP contribution in [0.4, 0.5) is 16.3 Å². The number of anilines is 2. The SMILES string of the molecule is CN1CCC(c2ccc(Nc3ccc(B4OC(C)(C)C(C)(C)O4)c4c3C(=O)N(C(=O)OC(C)(C)C)C4)nc2)C1=O. The quantitative estimate of drug-likeness (QED) is 0.572. The molecule has 1 aromatic carbocycles. The Kier molecular flexibility index (Phi) is 6.74. The zero-order valence-electron chi connectivity index (χ0n) is 24.5. The predicted octanol–water partition coefficient (Wildman–Crippen LogP) is 3.96. The summed E-state index contributed by atoms with van der Waals surface area (Å²) in [5, 5.41) is 3.24. The molecular formula is C29H37BN4O6. The van der Waals surface area contributed by atoms with Gasteiger partial charge in [-0.2, -0.15) is 0 Å². The molecule has 3 aliphatic heterocycles. The Morgan fingerprint density at radius 3 is 2.33 bits per heavy atom. The average molecular weight is 548 g/mol. The van der Waals surface area contributed by atoms with E-state index >= 15 is 0 Å². The van der Waals surface area contributed by atoms with Crippen molar-refractivity contribution in [2.24, 2.45) is 0 Å². The molecule has 0 spiro atoms. The smallest absolute Gasteiger partial charge is 0.443 e. The molecule has 0 saturated carbocycles. The number of hydrogen-bond donors (Lipinski definition) is 1. The van der Waals surface area contributed by atoms with Crippen molar-refractivity contribution in [1.29, 1.82) is 0 Å². The largest absolute Gasteiger partial charge is 0.495 e. The van der Waals surface area contributed by atoms with Gasteiger partial charge < -0.3 is 24.3 Å². The van der Waals surface area contributed by atoms with Crippen molar-refractivity contribution < 1.29 is 28.4 Å². The van der Waals surface area contributed by atoms with E-state index in [1.807, 2.05) is 39.8 Å². The Balaban J connectivity index is 1.48. The highest BCUT2D eigenvalue weighted by Gasteiger charge is 2.53. The first-order chi connectivity index (χ1) is 18.6. The number of carbonyl (C=O) groups is 3. The molecule has 2 fully saturated rings. The van der Waals surface area contributed by atoms with Crippen molar-refractivity contribution in [2.45, 2.75) is 84.2 Å². The highest BCUT2D eigenvalue weighted by Crippen LogP contribution is 2.39. The van der Waals surface area contributed by atoms with E-state index in [0.29, 0.717) is 28.1 Å². The van der Waals surface area contributed by atoms with Crippen LogP contribution in [0.25, 0.3) is 0 Å². The second-order valence-corrected chi connectivity index (χ2v) is 12.7. The number of rotatable bonds is 4. The number of pyridine rings is 1. The van der Waals surface area contributed by atoms with Gasteiger partial charge in [-0.1, -0.05) is 12.1 Å². The molecule has 212 valence electrons. The van der Waals surface area contributed by atoms with E-state index in [1.165, 1.54) is 0 Å². The van der Waals surface area contributed by atoms with Crippen LogP contribution in [0.1, 0.15) is 82.3 Å². The Hall–Kier alpha value is -3.44. The van der Waals surface area contributed by atoms with E-state index in [1.54, 1.807) is 51.0 Å². The lowest BCUT2D eigenvalue weighted by Gasteiger charge is -2.32. The van der Waals surface area contributed by atoms with E-state index in [4.69, 9.17) is 14.0 Å². The fraction of sp³-hybridized carbons (Fsp3) is 0.517. The first kappa shape index (κ1) is 28.1. The van der Waals surface area contributed by atoms with Crippen LogP contribution in [0.5, 0.6) is 0 Å². The number of nitrogens with one attached hydrogen (secondary N) is 1. The molecule has 1 aromatic heterocycles. The second kappa shape index (κ2) is 9.59. The van der Waals surface area contributed by atoms with Crippen LogP contribution < -0.4 is 10.8 Å². The highest BCUT2D eigenvalue weighted by molar-refractivity contribution is 6.63. The normalized spacial score (nSPS) is 21.7. The van der Waals surface area contributed by atoms with E-state index in [2.05, 4.69) is 10.3 Å². The Labute approximate surface area is 235 Å². The van der Waals surface area contributed by atoms with Gasteiger partial charge in [0.15, 0.2) is 0 Å². The van der Waals surface area contributed by atoms with Gasteiger partial charge in [-0.3, -0.25) is 9.59 Å². The summed E-state index contributed by atoms with van der Waals surface area (Å²) in [5.41, 5.74) is 1.12. The number of aromatic nitrogens is 1. The third kappa shape index (κ3) is 4.96. The number of likely N-dealkylation sites (N-methyl/N-ethyl adjacent to an activating group) is 1. The molecule has 11 heteroatoms. The van der Waals surface area contributed by atoms with Crippen LogP contribution in [0.3, 0.4) is 0 Å². The van der Waals surface area contributed by atoms with Gasteiger partial charge in [0.2, 0.25) is 5.91 Å². The minimum absolute atomic E-state index is 0.0295. The minimum Gasteiger partial charge on any atom is -0.443 e. The van der Waals surface area contributed by atoms with Gasteiger partial charge in [-0.05, 0) is 83.6 Å². The highest BCUT2D eigenvalue weighted by atomic mass is 16.7. The summed E-state index contributed by atoms with van der Waals surface area (Å²) in [4.78, 5) is 46.5. The molecule has 0 aliphatic carbocycles. The fourth-order valence-electron chi connectivity index (χ4n) is 5.16. The summed E-state index contributed by atoms with van der Waals surface area (Å²) >= 11 is 0. The number of nitrogens with zero attached hydrogens (tertiary/aromatic N) is 3. The third-order valence-electron chi connectivity index (χ3n) is 8.12. The standard InChI is InChI=1S/C29H37BN4O6/c1-27(2,3)38-26(37)34-16-19-20(30-39-28(4,5)29(6,7)40-30)10-11-21(23(19)25(34)36)32-22-12-9-17(15-31-22)18-13-14-33(8)24(18)35/h9-12,15,18H,13-14,16H2,1-8H3,(H,31,32). The van der Waals surface area contributed by atoms with Gasteiger partial charge in [0.25, 0.3) is 5.91 Å². The van der Waals surface area contributed by atoms with Crippen LogP contribution in [-0.2, 0) is 25.4 Å². The van der Waals surface area contributed by atoms with Crippen LogP contribution in [0.15, 0.2) is 30.5 Å². The van der Waals surface area contributed by atoms with Gasteiger partial charge in [0.05, 0.1) is 34.9 Å². The van der Waals surface area contributed by atoms with Crippen LogP contribution >= 0.6 is 0 Å². The number of imide groups is 1. The van der Waals surface area contributed by atoms with Gasteiger partial charge in [0, 0.05) is 19.8 Å². The Bertz CT molecular complexity index is 1350. The molecule has 3 aliphatic rings. The van der Waals surface area contributed by atoms with Crippen molar-refractivity contribution in [2.75, 3.05) is 18.9 Å². The van der Waals surface area contributed by atoms with Crippen molar-refractivity contribution >= 4 is 42.0 Å². The lowest BCUT2D eigenvalue weighted by molar-refractivity contribution is -0.127. The molecule has 2 aromatic rings. The van der Waals surface area contributed by atoms with Gasteiger partial charge in [-0.15, -0.1) is 0 Å². The molecular weight excluding hydrogens is 511 g/mol. The molecule has 0 bridgehead atoms. The van der Waals surface area contributed by atoms with Gasteiger partial charge in [0.1, 0.15) is 11.4 Å². The molecule has 10 nitrogen and oxygen atoms in total. The number of amides is 3. The van der Waals surface area contributed by atoms with E-state index in [-0.39, 0.29) is 18.4 Å². The van der Waals surface area contributed by atoms with E-state index in [0.717, 1.165) is 23.4 Å². The number of benzene rings is 1. The molecule has 4 heterocycles. The summed E-state index contributed by atoms with van der Waals surface area (Å²) in [6.45, 7) is 13.9. The van der Waals surface area contributed by atoms with Crippen molar-refractivity contribution in [3.05, 3.63) is 47.2 Å². The number of likely N-dealkylation sites (tertiary alicyclic amines) is 1. The van der Waals surface area contributed by atoms with Gasteiger partial charge in [-0.25, -0.2) is 14.7 Å². The molecule has 1 atom stereocenters. The van der Waals surface area contributed by atoms with Crippen molar-refractivity contribution in [3.8, 4) is 0 Å². The zero-order valence-corrected chi connectivity index (χ0v) is 24.5. The first-order valence-corrected chi connectivity index (χ1v) is 13.6. The van der Waals surface area contributed by atoms with Crippen molar-refractivity contribution in [3.63, 3.8) is 0 Å². The van der Waals surface area contributed by atoms with E-state index < -0.39 is 35.9 Å². The van der Waals surface area contributed by atoms with Crippen LogP contribution in [0.2, 0.25) is 0 Å². The first-order valence-electron chi connectivity index (χ1n) is 13.6. The molecule has 0 radical (unpaired) electrons. The minimum atomic E-state index is -0.761. The summed E-state index contributed by atoms with van der Waals surface area (Å²) in [6.07, 6.45) is 1.73. The number of carbonyl (C=O) groups excluding carboxylic acids is 3.